The Bertz CT molecular complexity index is 1120. The van der Waals surface area contributed by atoms with Crippen molar-refractivity contribution in [3.8, 4) is 0 Å². The van der Waals surface area contributed by atoms with Gasteiger partial charge in [0.15, 0.2) is 8.32 Å². The zero-order valence-corrected chi connectivity index (χ0v) is 21.7. The Labute approximate surface area is 191 Å². The van der Waals surface area contributed by atoms with Crippen LogP contribution in [-0.4, -0.2) is 67.6 Å². The number of rotatable bonds is 7. The summed E-state index contributed by atoms with van der Waals surface area (Å²) in [5.74, 6) is 0.444. The summed E-state index contributed by atoms with van der Waals surface area (Å²) in [4.78, 5) is 21.6. The summed E-state index contributed by atoms with van der Waals surface area (Å²) in [5.41, 5.74) is 0.449. The lowest BCUT2D eigenvalue weighted by Crippen LogP contribution is -2.42. The molecule has 1 fully saturated rings. The van der Waals surface area contributed by atoms with Crippen LogP contribution >= 0.6 is 0 Å². The van der Waals surface area contributed by atoms with Gasteiger partial charge < -0.3 is 9.74 Å². The Hall–Kier alpha value is -1.82. The van der Waals surface area contributed by atoms with Crippen molar-refractivity contribution in [2.24, 2.45) is 0 Å². The van der Waals surface area contributed by atoms with Crippen molar-refractivity contribution in [2.75, 3.05) is 31.3 Å². The van der Waals surface area contributed by atoms with E-state index in [2.05, 4.69) is 49.1 Å². The van der Waals surface area contributed by atoms with Gasteiger partial charge in [0.2, 0.25) is 16.0 Å². The van der Waals surface area contributed by atoms with E-state index in [1.165, 1.54) is 16.6 Å². The van der Waals surface area contributed by atoms with Crippen molar-refractivity contribution in [3.63, 3.8) is 0 Å². The SMILES string of the molecule is CC(C)(C)[Si](C)(C)OCCn1c(=O)ccc2cnc(NC3CCN(S(C)(=O)=O)CC3)nc21. The predicted octanol–water partition coefficient (Wildman–Crippen LogP) is 2.65. The number of nitrogens with one attached hydrogen (secondary N) is 1. The first-order valence-electron chi connectivity index (χ1n) is 11.0. The molecule has 0 atom stereocenters. The summed E-state index contributed by atoms with van der Waals surface area (Å²) in [6, 6.07) is 3.35. The van der Waals surface area contributed by atoms with Gasteiger partial charge in [-0.15, -0.1) is 0 Å². The molecule has 2 aromatic heterocycles. The first-order valence-corrected chi connectivity index (χ1v) is 15.8. The van der Waals surface area contributed by atoms with Gasteiger partial charge in [0.25, 0.3) is 5.56 Å². The summed E-state index contributed by atoms with van der Waals surface area (Å²) in [7, 11) is -5.07. The standard InChI is InChI=1S/C21H35N5O4SSi/c1-21(2,3)32(5,6)30-14-13-26-18(27)8-7-16-15-22-20(24-19(16)26)23-17-9-11-25(12-10-17)31(4,28)29/h7-8,15,17H,9-14H2,1-6H3,(H,22,23,24). The second-order valence-electron chi connectivity index (χ2n) is 9.99. The lowest BCUT2D eigenvalue weighted by atomic mass is 10.1. The lowest BCUT2D eigenvalue weighted by molar-refractivity contribution is 0.271. The summed E-state index contributed by atoms with van der Waals surface area (Å²) >= 11 is 0. The Morgan fingerprint density at radius 2 is 1.88 bits per heavy atom. The molecule has 0 saturated carbocycles. The number of aromatic nitrogens is 3. The quantitative estimate of drug-likeness (QED) is 0.606. The van der Waals surface area contributed by atoms with Gasteiger partial charge in [0.05, 0.1) is 12.9 Å². The van der Waals surface area contributed by atoms with Crippen LogP contribution in [0.3, 0.4) is 0 Å². The maximum absolute atomic E-state index is 12.6. The third kappa shape index (κ3) is 5.75. The average molecular weight is 482 g/mol. The summed E-state index contributed by atoms with van der Waals surface area (Å²) in [5, 5.41) is 4.19. The van der Waals surface area contributed by atoms with Crippen molar-refractivity contribution in [1.29, 1.82) is 0 Å². The van der Waals surface area contributed by atoms with Gasteiger partial charge in [0, 0.05) is 43.3 Å². The van der Waals surface area contributed by atoms with E-state index in [1.807, 2.05) is 0 Å². The maximum atomic E-state index is 12.6. The molecule has 0 amide bonds. The van der Waals surface area contributed by atoms with Crippen molar-refractivity contribution in [2.45, 2.75) is 64.3 Å². The lowest BCUT2D eigenvalue weighted by Gasteiger charge is -2.36. The first kappa shape index (κ1) is 24.8. The highest BCUT2D eigenvalue weighted by Gasteiger charge is 2.37. The fourth-order valence-electron chi connectivity index (χ4n) is 3.48. The van der Waals surface area contributed by atoms with Crippen molar-refractivity contribution in [3.05, 3.63) is 28.7 Å². The molecule has 2 aromatic rings. The zero-order valence-electron chi connectivity index (χ0n) is 19.9. The largest absolute Gasteiger partial charge is 0.415 e. The molecule has 0 aliphatic carbocycles. The maximum Gasteiger partial charge on any atom is 0.252 e. The molecule has 0 unspecified atom stereocenters. The Morgan fingerprint density at radius 3 is 2.47 bits per heavy atom. The Balaban J connectivity index is 1.74. The average Bonchev–Trinajstić information content (AvgIpc) is 2.68. The van der Waals surface area contributed by atoms with E-state index in [4.69, 9.17) is 4.43 Å². The number of sulfonamides is 1. The van der Waals surface area contributed by atoms with E-state index in [1.54, 1.807) is 16.8 Å². The van der Waals surface area contributed by atoms with E-state index in [0.29, 0.717) is 50.7 Å². The van der Waals surface area contributed by atoms with Gasteiger partial charge in [-0.05, 0) is 37.0 Å². The van der Waals surface area contributed by atoms with Crippen LogP contribution in [0.5, 0.6) is 0 Å². The van der Waals surface area contributed by atoms with Crippen molar-refractivity contribution < 1.29 is 12.8 Å². The number of pyridine rings is 1. The molecule has 178 valence electrons. The number of fused-ring (bicyclic) bond motifs is 1. The molecule has 1 saturated heterocycles. The molecule has 0 aromatic carbocycles. The topological polar surface area (TPSA) is 106 Å². The first-order chi connectivity index (χ1) is 14.8. The fourth-order valence-corrected chi connectivity index (χ4v) is 5.39. The monoisotopic (exact) mass is 481 g/mol. The minimum Gasteiger partial charge on any atom is -0.415 e. The van der Waals surface area contributed by atoms with Gasteiger partial charge in [-0.2, -0.15) is 4.98 Å². The number of hydrogen-bond donors (Lipinski definition) is 1. The van der Waals surface area contributed by atoms with Gasteiger partial charge >= 0.3 is 0 Å². The highest BCUT2D eigenvalue weighted by Crippen LogP contribution is 2.36. The van der Waals surface area contributed by atoms with Crippen LogP contribution in [0.2, 0.25) is 18.1 Å². The van der Waals surface area contributed by atoms with Crippen LogP contribution in [-0.2, 0) is 21.0 Å². The third-order valence-corrected chi connectivity index (χ3v) is 12.4. The van der Waals surface area contributed by atoms with Crippen LogP contribution in [0.15, 0.2) is 23.1 Å². The van der Waals surface area contributed by atoms with Crippen LogP contribution in [0.4, 0.5) is 5.95 Å². The molecule has 9 nitrogen and oxygen atoms in total. The van der Waals surface area contributed by atoms with Crippen LogP contribution in [0.25, 0.3) is 11.0 Å². The molecule has 1 aliphatic heterocycles. The molecular weight excluding hydrogens is 446 g/mol. The van der Waals surface area contributed by atoms with Crippen molar-refractivity contribution in [1.82, 2.24) is 18.8 Å². The zero-order chi connectivity index (χ0) is 23.7. The highest BCUT2D eigenvalue weighted by molar-refractivity contribution is 7.88. The molecule has 0 spiro atoms. The normalized spacial score (nSPS) is 17.1. The highest BCUT2D eigenvalue weighted by atomic mass is 32.2. The van der Waals surface area contributed by atoms with E-state index >= 15 is 0 Å². The Morgan fingerprint density at radius 1 is 1.22 bits per heavy atom. The minimum absolute atomic E-state index is 0.0799. The predicted molar refractivity (Wildman–Crippen MR) is 130 cm³/mol. The molecule has 0 radical (unpaired) electrons. The van der Waals surface area contributed by atoms with Gasteiger partial charge in [-0.1, -0.05) is 20.8 Å². The molecule has 0 bridgehead atoms. The van der Waals surface area contributed by atoms with E-state index in [9.17, 15) is 13.2 Å². The van der Waals surface area contributed by atoms with E-state index in [0.717, 1.165) is 5.39 Å². The number of hydrogen-bond acceptors (Lipinski definition) is 7. The molecule has 3 rings (SSSR count). The third-order valence-electron chi connectivity index (χ3n) is 6.56. The van der Waals surface area contributed by atoms with Crippen LogP contribution < -0.4 is 10.9 Å². The molecule has 1 aliphatic rings. The van der Waals surface area contributed by atoms with Gasteiger partial charge in [0.1, 0.15) is 5.65 Å². The summed E-state index contributed by atoms with van der Waals surface area (Å²) in [6.45, 7) is 12.8. The Kier molecular flexibility index (Phi) is 7.13. The van der Waals surface area contributed by atoms with Gasteiger partial charge in [-0.3, -0.25) is 9.36 Å². The molecular formula is C21H35N5O4SSi. The number of anilines is 1. The fraction of sp³-hybridized carbons (Fsp3) is 0.667. The van der Waals surface area contributed by atoms with Gasteiger partial charge in [-0.25, -0.2) is 17.7 Å². The number of piperidine rings is 1. The number of nitrogens with zero attached hydrogens (tertiary/aromatic N) is 4. The smallest absolute Gasteiger partial charge is 0.252 e. The molecule has 11 heteroatoms. The summed E-state index contributed by atoms with van der Waals surface area (Å²) < 4.78 is 32.8. The van der Waals surface area contributed by atoms with E-state index in [-0.39, 0.29) is 16.6 Å². The summed E-state index contributed by atoms with van der Waals surface area (Å²) in [6.07, 6.45) is 4.30. The molecule has 3 heterocycles. The van der Waals surface area contributed by atoms with Crippen LogP contribution in [0.1, 0.15) is 33.6 Å². The molecule has 32 heavy (non-hydrogen) atoms. The minimum atomic E-state index is -3.16. The second-order valence-corrected chi connectivity index (χ2v) is 16.8. The molecule has 1 N–H and O–H groups in total. The van der Waals surface area contributed by atoms with Crippen LogP contribution in [0, 0.1) is 0 Å². The van der Waals surface area contributed by atoms with Crippen molar-refractivity contribution >= 4 is 35.3 Å². The second kappa shape index (κ2) is 9.20. The van der Waals surface area contributed by atoms with E-state index < -0.39 is 18.3 Å².